The van der Waals surface area contributed by atoms with Crippen LogP contribution in [0.1, 0.15) is 0 Å². The SMILES string of the molecule is c1ccc(-c2nc(-n3c4ccc5ccc6cccc7c6c5c4c4c3ccc3c5ccccc5n7c34)nc3c2oc2ccccc23)cc1. The average Bonchev–Trinajstić information content (AvgIpc) is 3.75. The highest BCUT2D eigenvalue weighted by Gasteiger charge is 2.26. The highest BCUT2D eigenvalue weighted by Crippen LogP contribution is 2.47. The highest BCUT2D eigenvalue weighted by molar-refractivity contribution is 6.37. The summed E-state index contributed by atoms with van der Waals surface area (Å²) in [4.78, 5) is 10.7. The molecule has 0 aliphatic carbocycles. The summed E-state index contributed by atoms with van der Waals surface area (Å²) in [6, 6.07) is 47.5. The Hall–Kier alpha value is -6.46. The predicted octanol–water partition coefficient (Wildman–Crippen LogP) is 10.9. The van der Waals surface area contributed by atoms with Crippen molar-refractivity contribution in [2.45, 2.75) is 0 Å². The van der Waals surface area contributed by atoms with Crippen LogP contribution in [0.3, 0.4) is 0 Å². The lowest BCUT2D eigenvalue weighted by Crippen LogP contribution is -2.03. The van der Waals surface area contributed by atoms with Gasteiger partial charge in [-0.1, -0.05) is 97.1 Å². The molecule has 0 atom stereocenters. The third-order valence-electron chi connectivity index (χ3n) is 10.2. The Morgan fingerprint density at radius 3 is 2.11 bits per heavy atom. The molecule has 47 heavy (non-hydrogen) atoms. The van der Waals surface area contributed by atoms with Gasteiger partial charge in [0, 0.05) is 43.3 Å². The van der Waals surface area contributed by atoms with Crippen molar-refractivity contribution < 1.29 is 4.42 Å². The zero-order chi connectivity index (χ0) is 30.4. The van der Waals surface area contributed by atoms with Crippen LogP contribution in [0.15, 0.2) is 138 Å². The van der Waals surface area contributed by atoms with E-state index in [1.165, 1.54) is 59.6 Å². The van der Waals surface area contributed by atoms with E-state index in [2.05, 4.69) is 106 Å². The number of para-hydroxylation sites is 2. The van der Waals surface area contributed by atoms with Gasteiger partial charge in [0.05, 0.1) is 27.6 Å². The normalized spacial score (nSPS) is 12.7. The third-order valence-corrected chi connectivity index (χ3v) is 10.2. The second kappa shape index (κ2) is 8.22. The van der Waals surface area contributed by atoms with Crippen LogP contribution in [-0.2, 0) is 0 Å². The number of hydrogen-bond donors (Lipinski definition) is 0. The van der Waals surface area contributed by atoms with Crippen molar-refractivity contribution in [3.05, 3.63) is 133 Å². The van der Waals surface area contributed by atoms with E-state index in [1.54, 1.807) is 0 Å². The van der Waals surface area contributed by atoms with Gasteiger partial charge >= 0.3 is 0 Å². The van der Waals surface area contributed by atoms with E-state index in [0.717, 1.165) is 38.8 Å². The summed E-state index contributed by atoms with van der Waals surface area (Å²) in [6.45, 7) is 0. The summed E-state index contributed by atoms with van der Waals surface area (Å²) in [5, 5.41) is 11.0. The average molecular weight is 599 g/mol. The Labute approximate surface area is 266 Å². The second-order valence-corrected chi connectivity index (χ2v) is 12.6. The lowest BCUT2D eigenvalue weighted by atomic mass is 9.97. The minimum Gasteiger partial charge on any atom is -0.452 e. The first-order chi connectivity index (χ1) is 23.3. The molecule has 5 heteroatoms. The molecular weight excluding hydrogens is 576 g/mol. The first-order valence-corrected chi connectivity index (χ1v) is 15.9. The topological polar surface area (TPSA) is 48.3 Å². The maximum Gasteiger partial charge on any atom is 0.236 e. The van der Waals surface area contributed by atoms with E-state index in [0.29, 0.717) is 11.5 Å². The van der Waals surface area contributed by atoms with Gasteiger partial charge in [0.1, 0.15) is 16.8 Å². The summed E-state index contributed by atoms with van der Waals surface area (Å²) in [5.74, 6) is 0.630. The first kappa shape index (κ1) is 23.9. The molecule has 5 nitrogen and oxygen atoms in total. The molecule has 5 heterocycles. The van der Waals surface area contributed by atoms with Gasteiger partial charge in [-0.2, -0.15) is 0 Å². The van der Waals surface area contributed by atoms with E-state index in [9.17, 15) is 0 Å². The van der Waals surface area contributed by atoms with Crippen LogP contribution in [0.4, 0.5) is 0 Å². The molecule has 0 saturated carbocycles. The maximum absolute atomic E-state index is 6.45. The zero-order valence-corrected chi connectivity index (χ0v) is 24.9. The fraction of sp³-hybridized carbons (Fsp3) is 0. The minimum atomic E-state index is 0.630. The molecule has 0 aliphatic rings. The second-order valence-electron chi connectivity index (χ2n) is 12.6. The lowest BCUT2D eigenvalue weighted by Gasteiger charge is -2.11. The van der Waals surface area contributed by atoms with Crippen molar-refractivity contribution in [1.82, 2.24) is 18.9 Å². The van der Waals surface area contributed by atoms with Crippen LogP contribution < -0.4 is 0 Å². The quantitative estimate of drug-likeness (QED) is 0.186. The number of fused-ring (bicyclic) bond motifs is 7. The van der Waals surface area contributed by atoms with Crippen molar-refractivity contribution >= 4 is 92.7 Å². The van der Waals surface area contributed by atoms with Gasteiger partial charge in [-0.25, -0.2) is 9.97 Å². The molecular formula is C42H22N4O. The molecule has 0 bridgehead atoms. The Bertz CT molecular complexity index is 3240. The van der Waals surface area contributed by atoms with E-state index < -0.39 is 0 Å². The first-order valence-electron chi connectivity index (χ1n) is 15.9. The smallest absolute Gasteiger partial charge is 0.236 e. The number of rotatable bonds is 2. The monoisotopic (exact) mass is 598 g/mol. The molecule has 0 N–H and O–H groups in total. The van der Waals surface area contributed by atoms with Gasteiger partial charge in [0.25, 0.3) is 0 Å². The van der Waals surface area contributed by atoms with Crippen molar-refractivity contribution in [3.63, 3.8) is 0 Å². The maximum atomic E-state index is 6.45. The van der Waals surface area contributed by atoms with Gasteiger partial charge in [0.2, 0.25) is 5.95 Å². The van der Waals surface area contributed by atoms with Crippen LogP contribution in [-0.4, -0.2) is 18.9 Å². The number of nitrogens with zero attached hydrogens (tertiary/aromatic N) is 4. The lowest BCUT2D eigenvalue weighted by molar-refractivity contribution is 0.666. The molecule has 0 saturated heterocycles. The molecule has 12 aromatic rings. The summed E-state index contributed by atoms with van der Waals surface area (Å²) < 4.78 is 11.2. The Morgan fingerprint density at radius 2 is 1.19 bits per heavy atom. The van der Waals surface area contributed by atoms with E-state index in [-0.39, 0.29) is 0 Å². The fourth-order valence-corrected chi connectivity index (χ4v) is 8.34. The minimum absolute atomic E-state index is 0.630. The van der Waals surface area contributed by atoms with Crippen molar-refractivity contribution in [2.24, 2.45) is 0 Å². The molecule has 12 rings (SSSR count). The fourth-order valence-electron chi connectivity index (χ4n) is 8.34. The summed E-state index contributed by atoms with van der Waals surface area (Å²) >= 11 is 0. The summed E-state index contributed by atoms with van der Waals surface area (Å²) in [5.41, 5.74) is 9.92. The molecule has 216 valence electrons. The Kier molecular flexibility index (Phi) is 4.17. The standard InChI is InChI=1S/C42H22N4O/c1-2-9-25(10-3-1)38-41-39(28-13-5-7-16-33(28)47-41)44-42(43-38)46-31-21-19-24-18-17-23-11-8-15-30-34(23)35(24)36(31)37-32(46)22-20-27-26-12-4-6-14-29(26)45(30)40(27)37/h1-22H. The van der Waals surface area contributed by atoms with Crippen molar-refractivity contribution in [1.29, 1.82) is 0 Å². The predicted molar refractivity (Wildman–Crippen MR) is 192 cm³/mol. The number of furan rings is 1. The van der Waals surface area contributed by atoms with Crippen LogP contribution in [0.5, 0.6) is 0 Å². The molecule has 0 aliphatic heterocycles. The summed E-state index contributed by atoms with van der Waals surface area (Å²) in [6.07, 6.45) is 0. The number of hydrogen-bond acceptors (Lipinski definition) is 3. The Balaban J connectivity index is 1.36. The van der Waals surface area contributed by atoms with Gasteiger partial charge < -0.3 is 8.82 Å². The molecule has 0 amide bonds. The molecule has 0 unspecified atom stereocenters. The van der Waals surface area contributed by atoms with Gasteiger partial charge in [-0.15, -0.1) is 0 Å². The van der Waals surface area contributed by atoms with Crippen LogP contribution in [0, 0.1) is 0 Å². The summed E-state index contributed by atoms with van der Waals surface area (Å²) in [7, 11) is 0. The van der Waals surface area contributed by atoms with Crippen molar-refractivity contribution in [3.8, 4) is 17.2 Å². The molecule has 0 fully saturated rings. The van der Waals surface area contributed by atoms with E-state index in [1.807, 2.05) is 36.4 Å². The van der Waals surface area contributed by atoms with E-state index in [4.69, 9.17) is 14.4 Å². The third kappa shape index (κ3) is 2.82. The van der Waals surface area contributed by atoms with Gasteiger partial charge in [0.15, 0.2) is 5.58 Å². The molecule has 5 aromatic heterocycles. The Morgan fingerprint density at radius 1 is 0.468 bits per heavy atom. The molecule has 0 radical (unpaired) electrons. The zero-order valence-electron chi connectivity index (χ0n) is 24.9. The number of benzene rings is 7. The van der Waals surface area contributed by atoms with Crippen LogP contribution >= 0.6 is 0 Å². The largest absolute Gasteiger partial charge is 0.452 e. The van der Waals surface area contributed by atoms with Crippen LogP contribution in [0.2, 0.25) is 0 Å². The highest BCUT2D eigenvalue weighted by atomic mass is 16.3. The van der Waals surface area contributed by atoms with Gasteiger partial charge in [-0.3, -0.25) is 4.57 Å². The number of aromatic nitrogens is 4. The molecule has 0 spiro atoms. The van der Waals surface area contributed by atoms with Crippen LogP contribution in [0.25, 0.3) is 110 Å². The van der Waals surface area contributed by atoms with Gasteiger partial charge in [-0.05, 0) is 47.2 Å². The van der Waals surface area contributed by atoms with Crippen molar-refractivity contribution in [2.75, 3.05) is 0 Å². The molecule has 7 aromatic carbocycles. The van der Waals surface area contributed by atoms with E-state index >= 15 is 0 Å².